The summed E-state index contributed by atoms with van der Waals surface area (Å²) in [5, 5.41) is 0.184. The van der Waals surface area contributed by atoms with E-state index in [1.165, 1.54) is 0 Å². The van der Waals surface area contributed by atoms with Gasteiger partial charge in [-0.2, -0.15) is 15.0 Å². The predicted molar refractivity (Wildman–Crippen MR) is 74.9 cm³/mol. The van der Waals surface area contributed by atoms with Crippen molar-refractivity contribution in [3.8, 4) is 6.01 Å². The molecule has 0 N–H and O–H groups in total. The van der Waals surface area contributed by atoms with Crippen LogP contribution in [0.2, 0.25) is 5.28 Å². The highest BCUT2D eigenvalue weighted by molar-refractivity contribution is 6.28. The van der Waals surface area contributed by atoms with Crippen molar-refractivity contribution in [3.05, 3.63) is 5.28 Å². The quantitative estimate of drug-likeness (QED) is 0.835. The lowest BCUT2D eigenvalue weighted by Gasteiger charge is -2.35. The summed E-state index contributed by atoms with van der Waals surface area (Å²) < 4.78 is 5.30. The van der Waals surface area contributed by atoms with Gasteiger partial charge in [0.15, 0.2) is 0 Å². The monoisotopic (exact) mass is 285 g/mol. The van der Waals surface area contributed by atoms with Gasteiger partial charge < -0.3 is 14.5 Å². The highest BCUT2D eigenvalue weighted by Crippen LogP contribution is 2.21. The number of nitrogens with zero attached hydrogens (tertiary/aromatic N) is 5. The Morgan fingerprint density at radius 3 is 2.53 bits per heavy atom. The number of hydrogen-bond donors (Lipinski definition) is 0. The highest BCUT2D eigenvalue weighted by Gasteiger charge is 2.23. The predicted octanol–water partition coefficient (Wildman–Crippen LogP) is 1.45. The fourth-order valence-electron chi connectivity index (χ4n) is 2.24. The largest absolute Gasteiger partial charge is 0.464 e. The lowest BCUT2D eigenvalue weighted by molar-refractivity contribution is 0.248. The zero-order valence-corrected chi connectivity index (χ0v) is 12.4. The SMILES string of the molecule is CCOc1nc(Cl)nc(N2CCC(N(C)C)CC2)n1. The maximum Gasteiger partial charge on any atom is 0.322 e. The van der Waals surface area contributed by atoms with Gasteiger partial charge in [-0.05, 0) is 45.5 Å². The second kappa shape index (κ2) is 6.34. The van der Waals surface area contributed by atoms with E-state index in [1.807, 2.05) is 6.92 Å². The van der Waals surface area contributed by atoms with Gasteiger partial charge in [-0.15, -0.1) is 0 Å². The van der Waals surface area contributed by atoms with E-state index >= 15 is 0 Å². The maximum atomic E-state index is 5.91. The molecule has 0 aliphatic carbocycles. The number of ether oxygens (including phenoxy) is 1. The zero-order chi connectivity index (χ0) is 13.8. The Morgan fingerprint density at radius 2 is 1.95 bits per heavy atom. The molecule has 1 aromatic rings. The van der Waals surface area contributed by atoms with E-state index in [0.29, 0.717) is 24.6 Å². The van der Waals surface area contributed by atoms with E-state index in [2.05, 4.69) is 38.8 Å². The van der Waals surface area contributed by atoms with Crippen LogP contribution in [-0.4, -0.2) is 59.7 Å². The molecule has 0 atom stereocenters. The summed E-state index contributed by atoms with van der Waals surface area (Å²) in [7, 11) is 4.24. The summed E-state index contributed by atoms with van der Waals surface area (Å²) in [5.74, 6) is 0.612. The van der Waals surface area contributed by atoms with Crippen LogP contribution in [0.5, 0.6) is 6.01 Å². The molecule has 0 radical (unpaired) electrons. The summed E-state index contributed by atoms with van der Waals surface area (Å²) in [5.41, 5.74) is 0. The second-order valence-corrected chi connectivity index (χ2v) is 5.14. The van der Waals surface area contributed by atoms with Crippen molar-refractivity contribution in [1.82, 2.24) is 19.9 Å². The Hall–Kier alpha value is -1.14. The molecule has 7 heteroatoms. The van der Waals surface area contributed by atoms with Crippen LogP contribution in [-0.2, 0) is 0 Å². The standard InChI is InChI=1S/C12H20ClN5O/c1-4-19-12-15-10(13)14-11(16-12)18-7-5-9(6-8-18)17(2)3/h9H,4-8H2,1-3H3. The van der Waals surface area contributed by atoms with Crippen LogP contribution in [0.1, 0.15) is 19.8 Å². The molecule has 2 heterocycles. The molecule has 1 aromatic heterocycles. The first-order valence-electron chi connectivity index (χ1n) is 6.56. The van der Waals surface area contributed by atoms with Gasteiger partial charge in [-0.25, -0.2) is 0 Å². The molecule has 0 amide bonds. The lowest BCUT2D eigenvalue weighted by atomic mass is 10.0. The number of anilines is 1. The number of rotatable bonds is 4. The van der Waals surface area contributed by atoms with Crippen molar-refractivity contribution >= 4 is 17.5 Å². The Balaban J connectivity index is 2.06. The summed E-state index contributed by atoms with van der Waals surface area (Å²) >= 11 is 5.91. The van der Waals surface area contributed by atoms with Crippen molar-refractivity contribution in [1.29, 1.82) is 0 Å². The minimum Gasteiger partial charge on any atom is -0.464 e. The average Bonchev–Trinajstić information content (AvgIpc) is 2.38. The molecule has 1 saturated heterocycles. The zero-order valence-electron chi connectivity index (χ0n) is 11.6. The van der Waals surface area contributed by atoms with Crippen LogP contribution in [0.25, 0.3) is 0 Å². The molecule has 1 aliphatic rings. The number of piperidine rings is 1. The van der Waals surface area contributed by atoms with Crippen LogP contribution in [0.15, 0.2) is 0 Å². The van der Waals surface area contributed by atoms with Gasteiger partial charge in [0.25, 0.3) is 0 Å². The Morgan fingerprint density at radius 1 is 1.26 bits per heavy atom. The van der Waals surface area contributed by atoms with Crippen LogP contribution in [0.4, 0.5) is 5.95 Å². The van der Waals surface area contributed by atoms with E-state index in [-0.39, 0.29) is 5.28 Å². The number of hydrogen-bond acceptors (Lipinski definition) is 6. The molecule has 0 saturated carbocycles. The highest BCUT2D eigenvalue weighted by atomic mass is 35.5. The van der Waals surface area contributed by atoms with Crippen molar-refractivity contribution in [3.63, 3.8) is 0 Å². The summed E-state index contributed by atoms with van der Waals surface area (Å²) in [6, 6.07) is 0.923. The minimum atomic E-state index is 0.184. The topological polar surface area (TPSA) is 54.4 Å². The van der Waals surface area contributed by atoms with Crippen LogP contribution in [0, 0.1) is 0 Å². The molecule has 1 fully saturated rings. The van der Waals surface area contributed by atoms with Crippen molar-refractivity contribution < 1.29 is 4.74 Å². The summed E-state index contributed by atoms with van der Waals surface area (Å²) in [4.78, 5) is 16.8. The summed E-state index contributed by atoms with van der Waals surface area (Å²) in [6.07, 6.45) is 2.19. The molecule has 0 bridgehead atoms. The van der Waals surface area contributed by atoms with E-state index < -0.39 is 0 Å². The normalized spacial score (nSPS) is 17.0. The first kappa shape index (κ1) is 14.3. The van der Waals surface area contributed by atoms with E-state index in [4.69, 9.17) is 16.3 Å². The molecule has 0 aromatic carbocycles. The van der Waals surface area contributed by atoms with Crippen molar-refractivity contribution in [2.45, 2.75) is 25.8 Å². The molecule has 6 nitrogen and oxygen atoms in total. The fourth-order valence-corrected chi connectivity index (χ4v) is 2.39. The molecule has 0 spiro atoms. The smallest absolute Gasteiger partial charge is 0.322 e. The minimum absolute atomic E-state index is 0.184. The lowest BCUT2D eigenvalue weighted by Crippen LogP contribution is -2.42. The van der Waals surface area contributed by atoms with Gasteiger partial charge >= 0.3 is 6.01 Å². The first-order valence-corrected chi connectivity index (χ1v) is 6.93. The molecule has 2 rings (SSSR count). The Labute approximate surface area is 118 Å². The third-order valence-corrected chi connectivity index (χ3v) is 3.50. The molecule has 0 unspecified atom stereocenters. The molecule has 19 heavy (non-hydrogen) atoms. The van der Waals surface area contributed by atoms with Crippen molar-refractivity contribution in [2.24, 2.45) is 0 Å². The third kappa shape index (κ3) is 3.67. The molecular weight excluding hydrogens is 266 g/mol. The van der Waals surface area contributed by atoms with Gasteiger partial charge in [-0.3, -0.25) is 0 Å². The van der Waals surface area contributed by atoms with E-state index in [9.17, 15) is 0 Å². The van der Waals surface area contributed by atoms with Gasteiger partial charge in [0.1, 0.15) is 0 Å². The first-order chi connectivity index (χ1) is 9.10. The Kier molecular flexibility index (Phi) is 4.76. The number of halogens is 1. The molecular formula is C12H20ClN5O. The maximum absolute atomic E-state index is 5.91. The Bertz CT molecular complexity index is 421. The van der Waals surface area contributed by atoms with Crippen molar-refractivity contribution in [2.75, 3.05) is 38.7 Å². The molecule has 106 valence electrons. The average molecular weight is 286 g/mol. The number of aromatic nitrogens is 3. The third-order valence-electron chi connectivity index (χ3n) is 3.33. The van der Waals surface area contributed by atoms with Gasteiger partial charge in [-0.1, -0.05) is 0 Å². The summed E-state index contributed by atoms with van der Waals surface area (Å²) in [6.45, 7) is 4.26. The second-order valence-electron chi connectivity index (χ2n) is 4.80. The van der Waals surface area contributed by atoms with Crippen LogP contribution >= 0.6 is 11.6 Å². The molecule has 1 aliphatic heterocycles. The van der Waals surface area contributed by atoms with E-state index in [1.54, 1.807) is 0 Å². The van der Waals surface area contributed by atoms with Crippen LogP contribution in [0.3, 0.4) is 0 Å². The van der Waals surface area contributed by atoms with Gasteiger partial charge in [0, 0.05) is 19.1 Å². The fraction of sp³-hybridized carbons (Fsp3) is 0.750. The van der Waals surface area contributed by atoms with E-state index in [0.717, 1.165) is 25.9 Å². The van der Waals surface area contributed by atoms with Gasteiger partial charge in [0.05, 0.1) is 6.61 Å². The van der Waals surface area contributed by atoms with Crippen LogP contribution < -0.4 is 9.64 Å². The van der Waals surface area contributed by atoms with Gasteiger partial charge in [0.2, 0.25) is 11.2 Å².